The topological polar surface area (TPSA) is 27.1 Å². The number of methoxy groups -OCH3 is 1. The second-order valence-corrected chi connectivity index (χ2v) is 3.78. The van der Waals surface area contributed by atoms with E-state index in [9.17, 15) is 0 Å². The van der Waals surface area contributed by atoms with E-state index in [2.05, 4.69) is 30.4 Å². The number of aryl methyl sites for hydroxylation is 1. The molecule has 16 heavy (non-hydrogen) atoms. The number of ether oxygens (including phenoxy) is 1. The third kappa shape index (κ3) is 2.31. The lowest BCUT2D eigenvalue weighted by atomic mass is 10.1. The quantitative estimate of drug-likeness (QED) is 0.785. The highest BCUT2D eigenvalue weighted by Gasteiger charge is 2.06. The molecule has 3 heteroatoms. The minimum atomic E-state index is 0.690. The summed E-state index contributed by atoms with van der Waals surface area (Å²) in [5.41, 5.74) is 3.41. The van der Waals surface area contributed by atoms with Gasteiger partial charge < -0.3 is 4.74 Å². The number of hydrogen-bond acceptors (Lipinski definition) is 2. The zero-order valence-corrected chi connectivity index (χ0v) is 9.68. The molecule has 0 spiro atoms. The third-order valence-electron chi connectivity index (χ3n) is 2.52. The molecule has 0 aliphatic heterocycles. The van der Waals surface area contributed by atoms with E-state index in [0.717, 1.165) is 17.8 Å². The van der Waals surface area contributed by atoms with Crippen molar-refractivity contribution >= 4 is 0 Å². The number of hydrogen-bond donors (Lipinski definition) is 0. The van der Waals surface area contributed by atoms with Crippen LogP contribution in [0.1, 0.15) is 5.56 Å². The fraction of sp³-hybridized carbons (Fsp3) is 0.308. The van der Waals surface area contributed by atoms with Crippen molar-refractivity contribution < 1.29 is 4.74 Å². The Bertz CT molecular complexity index is 448. The fourth-order valence-electron chi connectivity index (χ4n) is 1.70. The Labute approximate surface area is 95.7 Å². The average Bonchev–Trinajstić information content (AvgIpc) is 2.69. The van der Waals surface area contributed by atoms with E-state index < -0.39 is 0 Å². The van der Waals surface area contributed by atoms with Crippen LogP contribution >= 0.6 is 0 Å². The van der Waals surface area contributed by atoms with Gasteiger partial charge in [-0.2, -0.15) is 5.10 Å². The molecule has 2 aromatic rings. The van der Waals surface area contributed by atoms with Crippen molar-refractivity contribution in [3.05, 3.63) is 42.1 Å². The molecule has 1 aromatic heterocycles. The summed E-state index contributed by atoms with van der Waals surface area (Å²) in [4.78, 5) is 0. The predicted molar refractivity (Wildman–Crippen MR) is 64.3 cm³/mol. The van der Waals surface area contributed by atoms with E-state index >= 15 is 0 Å². The normalized spacial score (nSPS) is 10.6. The van der Waals surface area contributed by atoms with Crippen LogP contribution in [-0.4, -0.2) is 23.5 Å². The first-order valence-corrected chi connectivity index (χ1v) is 5.39. The summed E-state index contributed by atoms with van der Waals surface area (Å²) in [5.74, 6) is 0. The first-order chi connectivity index (χ1) is 7.81. The minimum Gasteiger partial charge on any atom is -0.383 e. The number of rotatable bonds is 4. The van der Waals surface area contributed by atoms with E-state index in [-0.39, 0.29) is 0 Å². The minimum absolute atomic E-state index is 0.690. The summed E-state index contributed by atoms with van der Waals surface area (Å²) in [7, 11) is 1.70. The predicted octanol–water partition coefficient (Wildman–Crippen LogP) is 2.50. The summed E-state index contributed by atoms with van der Waals surface area (Å²) in [6.07, 6.45) is 2.06. The molecule has 0 aliphatic carbocycles. The summed E-state index contributed by atoms with van der Waals surface area (Å²) in [5, 5.41) is 4.55. The zero-order valence-electron chi connectivity index (χ0n) is 9.68. The van der Waals surface area contributed by atoms with Gasteiger partial charge in [0.1, 0.15) is 0 Å². The van der Waals surface area contributed by atoms with Crippen LogP contribution in [-0.2, 0) is 11.3 Å². The van der Waals surface area contributed by atoms with Gasteiger partial charge in [0.2, 0.25) is 0 Å². The molecule has 84 valence electrons. The molecular formula is C13H16N2O. The van der Waals surface area contributed by atoms with Crippen LogP contribution in [0.15, 0.2) is 36.5 Å². The molecule has 0 saturated heterocycles. The Morgan fingerprint density at radius 1 is 1.25 bits per heavy atom. The Balaban J connectivity index is 2.25. The Kier molecular flexibility index (Phi) is 3.37. The first-order valence-electron chi connectivity index (χ1n) is 5.39. The van der Waals surface area contributed by atoms with Crippen LogP contribution in [0.4, 0.5) is 0 Å². The van der Waals surface area contributed by atoms with Crippen LogP contribution in [0.25, 0.3) is 11.3 Å². The van der Waals surface area contributed by atoms with E-state index in [4.69, 9.17) is 4.74 Å². The molecule has 0 aliphatic rings. The SMILES string of the molecule is COCCn1cc(C)c(-c2ccccc2)n1. The summed E-state index contributed by atoms with van der Waals surface area (Å²) in [6.45, 7) is 3.57. The third-order valence-corrected chi connectivity index (χ3v) is 2.52. The largest absolute Gasteiger partial charge is 0.383 e. The van der Waals surface area contributed by atoms with Crippen LogP contribution < -0.4 is 0 Å². The summed E-state index contributed by atoms with van der Waals surface area (Å²) >= 11 is 0. The highest BCUT2D eigenvalue weighted by molar-refractivity contribution is 5.61. The second kappa shape index (κ2) is 4.94. The van der Waals surface area contributed by atoms with E-state index in [1.54, 1.807) is 7.11 Å². The van der Waals surface area contributed by atoms with Gasteiger partial charge in [0.15, 0.2) is 0 Å². The second-order valence-electron chi connectivity index (χ2n) is 3.78. The molecule has 1 heterocycles. The lowest BCUT2D eigenvalue weighted by Gasteiger charge is -1.99. The molecule has 0 atom stereocenters. The average molecular weight is 216 g/mol. The molecule has 0 bridgehead atoms. The lowest BCUT2D eigenvalue weighted by molar-refractivity contribution is 0.183. The zero-order chi connectivity index (χ0) is 11.4. The van der Waals surface area contributed by atoms with Crippen molar-refractivity contribution in [3.8, 4) is 11.3 Å². The van der Waals surface area contributed by atoms with Gasteiger partial charge >= 0.3 is 0 Å². The van der Waals surface area contributed by atoms with Crippen LogP contribution in [0, 0.1) is 6.92 Å². The Morgan fingerprint density at radius 2 is 2.00 bits per heavy atom. The maximum absolute atomic E-state index is 5.04. The van der Waals surface area contributed by atoms with Gasteiger partial charge in [-0.15, -0.1) is 0 Å². The van der Waals surface area contributed by atoms with Gasteiger partial charge in [0.25, 0.3) is 0 Å². The molecular weight excluding hydrogens is 200 g/mol. The smallest absolute Gasteiger partial charge is 0.0952 e. The van der Waals surface area contributed by atoms with Crippen molar-refractivity contribution in [2.45, 2.75) is 13.5 Å². The van der Waals surface area contributed by atoms with E-state index in [1.807, 2.05) is 22.9 Å². The number of nitrogens with zero attached hydrogens (tertiary/aromatic N) is 2. The number of aromatic nitrogens is 2. The van der Waals surface area contributed by atoms with Crippen molar-refractivity contribution in [2.75, 3.05) is 13.7 Å². The standard InChI is InChI=1S/C13H16N2O/c1-11-10-15(8-9-16-2)14-13(11)12-6-4-3-5-7-12/h3-7,10H,8-9H2,1-2H3. The van der Waals surface area contributed by atoms with Crippen molar-refractivity contribution in [2.24, 2.45) is 0 Å². The van der Waals surface area contributed by atoms with Crippen molar-refractivity contribution in [1.82, 2.24) is 9.78 Å². The van der Waals surface area contributed by atoms with E-state index in [0.29, 0.717) is 6.61 Å². The summed E-state index contributed by atoms with van der Waals surface area (Å²) < 4.78 is 6.97. The highest BCUT2D eigenvalue weighted by Crippen LogP contribution is 2.20. The molecule has 2 rings (SSSR count). The van der Waals surface area contributed by atoms with Crippen molar-refractivity contribution in [1.29, 1.82) is 0 Å². The molecule has 0 N–H and O–H groups in total. The maximum atomic E-state index is 5.04. The number of benzene rings is 1. The molecule has 0 amide bonds. The highest BCUT2D eigenvalue weighted by atomic mass is 16.5. The van der Waals surface area contributed by atoms with Gasteiger partial charge in [-0.1, -0.05) is 30.3 Å². The maximum Gasteiger partial charge on any atom is 0.0952 e. The summed E-state index contributed by atoms with van der Waals surface area (Å²) in [6, 6.07) is 10.2. The fourth-order valence-corrected chi connectivity index (χ4v) is 1.70. The Morgan fingerprint density at radius 3 is 2.69 bits per heavy atom. The van der Waals surface area contributed by atoms with Crippen LogP contribution in [0.2, 0.25) is 0 Å². The molecule has 3 nitrogen and oxygen atoms in total. The molecule has 0 saturated carbocycles. The molecule has 0 radical (unpaired) electrons. The van der Waals surface area contributed by atoms with Crippen molar-refractivity contribution in [3.63, 3.8) is 0 Å². The Hall–Kier alpha value is -1.61. The molecule has 1 aromatic carbocycles. The monoisotopic (exact) mass is 216 g/mol. The molecule has 0 fully saturated rings. The van der Waals surface area contributed by atoms with Gasteiger partial charge in [-0.3, -0.25) is 4.68 Å². The van der Waals surface area contributed by atoms with Crippen LogP contribution in [0.3, 0.4) is 0 Å². The first kappa shape index (κ1) is 10.9. The molecule has 0 unspecified atom stereocenters. The van der Waals surface area contributed by atoms with Gasteiger partial charge in [-0.25, -0.2) is 0 Å². The van der Waals surface area contributed by atoms with Gasteiger partial charge in [-0.05, 0) is 12.5 Å². The van der Waals surface area contributed by atoms with Gasteiger partial charge in [0.05, 0.1) is 18.8 Å². The lowest BCUT2D eigenvalue weighted by Crippen LogP contribution is -2.04. The van der Waals surface area contributed by atoms with Gasteiger partial charge in [0, 0.05) is 18.9 Å². The van der Waals surface area contributed by atoms with E-state index in [1.165, 1.54) is 5.56 Å². The van der Waals surface area contributed by atoms with Crippen LogP contribution in [0.5, 0.6) is 0 Å².